The highest BCUT2D eigenvalue weighted by molar-refractivity contribution is 5.69. The van der Waals surface area contributed by atoms with Gasteiger partial charge in [0.2, 0.25) is 0 Å². The molecule has 1 rings (SSSR count). The summed E-state index contributed by atoms with van der Waals surface area (Å²) in [6.07, 6.45) is 0. The van der Waals surface area contributed by atoms with Gasteiger partial charge in [-0.1, -0.05) is 5.16 Å². The van der Waals surface area contributed by atoms with Crippen LogP contribution < -0.4 is 0 Å². The van der Waals surface area contributed by atoms with Crippen molar-refractivity contribution < 1.29 is 14.4 Å². The van der Waals surface area contributed by atoms with Crippen LogP contribution in [-0.4, -0.2) is 59.8 Å². The van der Waals surface area contributed by atoms with Crippen molar-refractivity contribution in [2.24, 2.45) is 0 Å². The van der Waals surface area contributed by atoms with Crippen molar-refractivity contribution in [3.8, 4) is 0 Å². The molecule has 0 radical (unpaired) electrons. The zero-order chi connectivity index (χ0) is 12.8. The van der Waals surface area contributed by atoms with Crippen LogP contribution in [0.25, 0.3) is 0 Å². The number of rotatable bonds is 7. The number of carboxylic acid groups (broad SMARTS) is 1. The summed E-state index contributed by atoms with van der Waals surface area (Å²) in [4.78, 5) is 14.6. The molecule has 1 aromatic rings. The van der Waals surface area contributed by atoms with Crippen molar-refractivity contribution in [1.29, 1.82) is 0 Å². The van der Waals surface area contributed by atoms with Crippen LogP contribution in [0.5, 0.6) is 0 Å². The fourth-order valence-corrected chi connectivity index (χ4v) is 1.46. The number of nitrogens with zero attached hydrogens (tertiary/aromatic N) is 3. The van der Waals surface area contributed by atoms with E-state index in [1.807, 2.05) is 36.9 Å². The summed E-state index contributed by atoms with van der Waals surface area (Å²) in [6, 6.07) is 1.82. The molecule has 17 heavy (non-hydrogen) atoms. The Balaban J connectivity index is 2.53. The second kappa shape index (κ2) is 6.36. The Morgan fingerprint density at radius 3 is 2.65 bits per heavy atom. The molecule has 96 valence electrons. The second-order valence-electron chi connectivity index (χ2n) is 4.34. The molecule has 0 fully saturated rings. The van der Waals surface area contributed by atoms with Crippen LogP contribution in [0.2, 0.25) is 0 Å². The number of hydrogen-bond donors (Lipinski definition) is 1. The van der Waals surface area contributed by atoms with Crippen molar-refractivity contribution >= 4 is 5.97 Å². The molecule has 0 spiro atoms. The van der Waals surface area contributed by atoms with Gasteiger partial charge in [0.1, 0.15) is 0 Å². The maximum Gasteiger partial charge on any atom is 0.317 e. The Morgan fingerprint density at radius 1 is 1.47 bits per heavy atom. The van der Waals surface area contributed by atoms with Gasteiger partial charge < -0.3 is 14.5 Å². The first-order valence-electron chi connectivity index (χ1n) is 5.48. The lowest BCUT2D eigenvalue weighted by molar-refractivity contribution is -0.138. The van der Waals surface area contributed by atoms with Gasteiger partial charge in [0, 0.05) is 19.2 Å². The number of hydrogen-bond acceptors (Lipinski definition) is 5. The van der Waals surface area contributed by atoms with Gasteiger partial charge in [-0.25, -0.2) is 0 Å². The van der Waals surface area contributed by atoms with Crippen molar-refractivity contribution in [2.45, 2.75) is 13.5 Å². The predicted molar refractivity (Wildman–Crippen MR) is 62.7 cm³/mol. The first-order chi connectivity index (χ1) is 7.97. The molecule has 0 aliphatic carbocycles. The van der Waals surface area contributed by atoms with Crippen LogP contribution in [-0.2, 0) is 11.3 Å². The van der Waals surface area contributed by atoms with Crippen LogP contribution >= 0.6 is 0 Å². The van der Waals surface area contributed by atoms with Gasteiger partial charge in [-0.15, -0.1) is 0 Å². The highest BCUT2D eigenvalue weighted by Crippen LogP contribution is 2.06. The number of likely N-dealkylation sites (N-methyl/N-ethyl adjacent to an activating group) is 1. The average Bonchev–Trinajstić information content (AvgIpc) is 2.59. The zero-order valence-electron chi connectivity index (χ0n) is 10.5. The molecule has 0 aromatic carbocycles. The third kappa shape index (κ3) is 5.46. The molecule has 0 saturated carbocycles. The highest BCUT2D eigenvalue weighted by atomic mass is 16.5. The Hall–Kier alpha value is -1.40. The second-order valence-corrected chi connectivity index (χ2v) is 4.34. The van der Waals surface area contributed by atoms with E-state index in [1.165, 1.54) is 0 Å². The summed E-state index contributed by atoms with van der Waals surface area (Å²) >= 11 is 0. The summed E-state index contributed by atoms with van der Waals surface area (Å²) in [7, 11) is 3.91. The number of aromatic nitrogens is 1. The lowest BCUT2D eigenvalue weighted by Crippen LogP contribution is -2.35. The zero-order valence-corrected chi connectivity index (χ0v) is 10.5. The van der Waals surface area contributed by atoms with Crippen molar-refractivity contribution in [1.82, 2.24) is 15.0 Å². The van der Waals surface area contributed by atoms with E-state index < -0.39 is 5.97 Å². The van der Waals surface area contributed by atoms with Crippen LogP contribution in [0.4, 0.5) is 0 Å². The molecule has 1 heterocycles. The molecule has 0 unspecified atom stereocenters. The molecular formula is C11H19N3O3. The molecule has 6 nitrogen and oxygen atoms in total. The average molecular weight is 241 g/mol. The Kier molecular flexibility index (Phi) is 5.11. The molecule has 0 saturated heterocycles. The van der Waals surface area contributed by atoms with Gasteiger partial charge in [0.25, 0.3) is 0 Å². The third-order valence-corrected chi connectivity index (χ3v) is 2.28. The van der Waals surface area contributed by atoms with E-state index in [1.54, 1.807) is 0 Å². The van der Waals surface area contributed by atoms with Crippen LogP contribution in [0.3, 0.4) is 0 Å². The van der Waals surface area contributed by atoms with E-state index in [4.69, 9.17) is 9.63 Å². The van der Waals surface area contributed by atoms with E-state index >= 15 is 0 Å². The maximum absolute atomic E-state index is 10.7. The monoisotopic (exact) mass is 241 g/mol. The van der Waals surface area contributed by atoms with Crippen molar-refractivity contribution in [2.75, 3.05) is 33.7 Å². The molecule has 0 aliphatic rings. The SMILES string of the molecule is Cc1cc(CN(CCN(C)C)CC(=O)O)on1. The van der Waals surface area contributed by atoms with E-state index in [9.17, 15) is 4.79 Å². The Labute approximate surface area is 101 Å². The largest absolute Gasteiger partial charge is 0.480 e. The third-order valence-electron chi connectivity index (χ3n) is 2.28. The molecular weight excluding hydrogens is 222 g/mol. The molecule has 6 heteroatoms. The molecule has 1 aromatic heterocycles. The quantitative estimate of drug-likeness (QED) is 0.746. The van der Waals surface area contributed by atoms with Crippen LogP contribution in [0.15, 0.2) is 10.6 Å². The summed E-state index contributed by atoms with van der Waals surface area (Å²) in [5.41, 5.74) is 0.808. The van der Waals surface area contributed by atoms with E-state index in [0.717, 1.165) is 12.2 Å². The maximum atomic E-state index is 10.7. The van der Waals surface area contributed by atoms with E-state index in [0.29, 0.717) is 18.8 Å². The lowest BCUT2D eigenvalue weighted by Gasteiger charge is -2.20. The Bertz CT molecular complexity index is 363. The number of carbonyl (C=O) groups is 1. The molecule has 0 atom stereocenters. The fourth-order valence-electron chi connectivity index (χ4n) is 1.46. The van der Waals surface area contributed by atoms with Crippen LogP contribution in [0, 0.1) is 6.92 Å². The summed E-state index contributed by atoms with van der Waals surface area (Å²) < 4.78 is 5.08. The molecule has 1 N–H and O–H groups in total. The minimum Gasteiger partial charge on any atom is -0.480 e. The molecule has 0 aliphatic heterocycles. The van der Waals surface area contributed by atoms with Crippen molar-refractivity contribution in [3.05, 3.63) is 17.5 Å². The predicted octanol–water partition coefficient (Wildman–Crippen LogP) is 0.431. The normalized spacial score (nSPS) is 11.4. The topological polar surface area (TPSA) is 69.8 Å². The number of aryl methyl sites for hydroxylation is 1. The minimum absolute atomic E-state index is 0.00753. The molecule has 0 bridgehead atoms. The number of aliphatic carboxylic acids is 1. The van der Waals surface area contributed by atoms with Gasteiger partial charge in [0.05, 0.1) is 18.8 Å². The summed E-state index contributed by atoms with van der Waals surface area (Å²) in [5.74, 6) is -0.137. The Morgan fingerprint density at radius 2 is 2.18 bits per heavy atom. The van der Waals surface area contributed by atoms with E-state index in [2.05, 4.69) is 5.16 Å². The standard InChI is InChI=1S/C11H19N3O3/c1-9-6-10(17-12-9)7-14(8-11(15)16)5-4-13(2)3/h6H,4-5,7-8H2,1-3H3,(H,15,16). The minimum atomic E-state index is -0.833. The molecule has 0 amide bonds. The number of carboxylic acids is 1. The summed E-state index contributed by atoms with van der Waals surface area (Å²) in [5, 5.41) is 12.6. The smallest absolute Gasteiger partial charge is 0.317 e. The highest BCUT2D eigenvalue weighted by Gasteiger charge is 2.13. The first-order valence-corrected chi connectivity index (χ1v) is 5.48. The van der Waals surface area contributed by atoms with Gasteiger partial charge >= 0.3 is 5.97 Å². The lowest BCUT2D eigenvalue weighted by atomic mass is 10.3. The van der Waals surface area contributed by atoms with Gasteiger partial charge in [-0.05, 0) is 21.0 Å². The first kappa shape index (κ1) is 13.7. The van der Waals surface area contributed by atoms with Gasteiger partial charge in [-0.3, -0.25) is 9.69 Å². The van der Waals surface area contributed by atoms with Crippen molar-refractivity contribution in [3.63, 3.8) is 0 Å². The van der Waals surface area contributed by atoms with Gasteiger partial charge in [0.15, 0.2) is 5.76 Å². The fraction of sp³-hybridized carbons (Fsp3) is 0.636. The van der Waals surface area contributed by atoms with E-state index in [-0.39, 0.29) is 6.54 Å². The summed E-state index contributed by atoms with van der Waals surface area (Å²) in [6.45, 7) is 3.81. The van der Waals surface area contributed by atoms with Crippen LogP contribution in [0.1, 0.15) is 11.5 Å². The van der Waals surface area contributed by atoms with Gasteiger partial charge in [-0.2, -0.15) is 0 Å².